The fraction of sp³-hybridized carbons (Fsp3) is 0.469. The first-order chi connectivity index (χ1) is 20.0. The van der Waals surface area contributed by atoms with Crippen LogP contribution >= 0.6 is 0 Å². The van der Waals surface area contributed by atoms with Crippen molar-refractivity contribution in [1.29, 1.82) is 0 Å². The van der Waals surface area contributed by atoms with Crippen molar-refractivity contribution >= 4 is 17.6 Å². The van der Waals surface area contributed by atoms with Crippen LogP contribution in [-0.4, -0.2) is 71.0 Å². The molecule has 2 aromatic heterocycles. The maximum absolute atomic E-state index is 13.7. The molecule has 1 aliphatic carbocycles. The number of amides is 2. The Kier molecular flexibility index (Phi) is 7.60. The van der Waals surface area contributed by atoms with E-state index >= 15 is 0 Å². The quantitative estimate of drug-likeness (QED) is 0.524. The number of likely N-dealkylation sites (tertiary alicyclic amines) is 1. The highest BCUT2D eigenvalue weighted by atomic mass is 16.5. The average molecular weight is 555 g/mol. The van der Waals surface area contributed by atoms with E-state index in [4.69, 9.17) is 4.74 Å². The molecule has 2 aliphatic heterocycles. The molecule has 1 aromatic carbocycles. The van der Waals surface area contributed by atoms with Gasteiger partial charge in [-0.1, -0.05) is 18.2 Å². The van der Waals surface area contributed by atoms with Gasteiger partial charge >= 0.3 is 0 Å². The normalized spacial score (nSPS) is 20.5. The number of nitrogens with zero attached hydrogens (tertiary/aromatic N) is 5. The number of benzene rings is 1. The standard InChI is InChI=1S/C32H38N6O3/c1-24-33-17-10-28(36-24)37-19-6-11-31(23-41-26-8-3-2-7-25(26)29(39)35-18-22-37)14-20-38(21-15-31)30(40)32(12-13-32)27-9-4-5-16-34-27/h2-5,7-10,16-17H,6,11-15,18-23H2,1H3,(H,35,39). The Morgan fingerprint density at radius 3 is 2.46 bits per heavy atom. The lowest BCUT2D eigenvalue weighted by atomic mass is 9.75. The molecule has 214 valence electrons. The summed E-state index contributed by atoms with van der Waals surface area (Å²) in [5, 5.41) is 3.06. The zero-order valence-corrected chi connectivity index (χ0v) is 23.7. The molecular weight excluding hydrogens is 516 g/mol. The summed E-state index contributed by atoms with van der Waals surface area (Å²) in [6, 6.07) is 15.2. The molecule has 0 atom stereocenters. The largest absolute Gasteiger partial charge is 0.492 e. The molecule has 1 N–H and O–H groups in total. The van der Waals surface area contributed by atoms with E-state index in [1.54, 1.807) is 12.4 Å². The van der Waals surface area contributed by atoms with Crippen molar-refractivity contribution in [1.82, 2.24) is 25.2 Å². The zero-order valence-electron chi connectivity index (χ0n) is 23.7. The van der Waals surface area contributed by atoms with Crippen LogP contribution in [0.1, 0.15) is 60.4 Å². The molecule has 3 aliphatic rings. The van der Waals surface area contributed by atoms with Crippen molar-refractivity contribution in [3.8, 4) is 5.75 Å². The van der Waals surface area contributed by atoms with Crippen LogP contribution in [-0.2, 0) is 10.2 Å². The van der Waals surface area contributed by atoms with Crippen LogP contribution in [0.3, 0.4) is 0 Å². The van der Waals surface area contributed by atoms with Crippen LogP contribution in [0, 0.1) is 12.3 Å². The van der Waals surface area contributed by atoms with E-state index in [1.165, 1.54) is 0 Å². The van der Waals surface area contributed by atoms with Crippen molar-refractivity contribution in [2.75, 3.05) is 44.2 Å². The van der Waals surface area contributed by atoms with E-state index < -0.39 is 5.41 Å². The minimum Gasteiger partial charge on any atom is -0.492 e. The number of aromatic nitrogens is 3. The van der Waals surface area contributed by atoms with E-state index in [0.717, 1.165) is 62.4 Å². The highest BCUT2D eigenvalue weighted by Crippen LogP contribution is 2.50. The smallest absolute Gasteiger partial charge is 0.255 e. The van der Waals surface area contributed by atoms with Crippen molar-refractivity contribution in [3.05, 3.63) is 78.0 Å². The fourth-order valence-electron chi connectivity index (χ4n) is 6.32. The van der Waals surface area contributed by atoms with Gasteiger partial charge in [0.2, 0.25) is 5.91 Å². The van der Waals surface area contributed by atoms with E-state index in [1.807, 2.05) is 60.4 Å². The van der Waals surface area contributed by atoms with Gasteiger partial charge in [0.25, 0.3) is 5.91 Å². The minimum absolute atomic E-state index is 0.0939. The van der Waals surface area contributed by atoms with E-state index in [-0.39, 0.29) is 17.2 Å². The molecule has 1 spiro atoms. The maximum Gasteiger partial charge on any atom is 0.255 e. The predicted molar refractivity (Wildman–Crippen MR) is 156 cm³/mol. The molecule has 9 heteroatoms. The highest BCUT2D eigenvalue weighted by Gasteiger charge is 2.55. The Balaban J connectivity index is 1.21. The number of piperidine rings is 1. The SMILES string of the molecule is Cc1nccc(N2CCCC3(CCN(C(=O)C4(c5ccccn5)CC4)CC3)COc3ccccc3C(=O)NCC2)n1. The monoisotopic (exact) mass is 554 g/mol. The molecule has 9 nitrogen and oxygen atoms in total. The van der Waals surface area contributed by atoms with Gasteiger partial charge in [-0.05, 0) is 75.8 Å². The van der Waals surface area contributed by atoms with E-state index in [9.17, 15) is 9.59 Å². The van der Waals surface area contributed by atoms with Crippen LogP contribution in [0.25, 0.3) is 0 Å². The predicted octanol–water partition coefficient (Wildman–Crippen LogP) is 3.93. The third-order valence-electron chi connectivity index (χ3n) is 8.98. The molecule has 0 radical (unpaired) electrons. The molecule has 6 rings (SSSR count). The number of rotatable bonds is 3. The summed E-state index contributed by atoms with van der Waals surface area (Å²) in [4.78, 5) is 44.6. The second-order valence-electron chi connectivity index (χ2n) is 11.7. The number of para-hydroxylation sites is 1. The van der Waals surface area contributed by atoms with Gasteiger partial charge < -0.3 is 19.9 Å². The van der Waals surface area contributed by atoms with Gasteiger partial charge in [0.15, 0.2) is 0 Å². The minimum atomic E-state index is -0.449. The van der Waals surface area contributed by atoms with E-state index in [0.29, 0.717) is 44.1 Å². The second-order valence-corrected chi connectivity index (χ2v) is 11.7. The van der Waals surface area contributed by atoms with Crippen molar-refractivity contribution in [2.45, 2.75) is 50.9 Å². The van der Waals surface area contributed by atoms with Gasteiger partial charge in [-0.2, -0.15) is 0 Å². The van der Waals surface area contributed by atoms with Crippen molar-refractivity contribution in [3.63, 3.8) is 0 Å². The molecular formula is C32H38N6O3. The summed E-state index contributed by atoms with van der Waals surface area (Å²) in [7, 11) is 0. The Labute approximate surface area is 241 Å². The van der Waals surface area contributed by atoms with Crippen LogP contribution in [0.15, 0.2) is 60.9 Å². The molecule has 4 heterocycles. The molecule has 2 fully saturated rings. The number of ether oxygens (including phenoxy) is 1. The number of hydrogen-bond donors (Lipinski definition) is 1. The Morgan fingerprint density at radius 1 is 0.902 bits per heavy atom. The number of hydrogen-bond acceptors (Lipinski definition) is 7. The average Bonchev–Trinajstić information content (AvgIpc) is 3.82. The molecule has 1 saturated carbocycles. The van der Waals surface area contributed by atoms with Gasteiger partial charge in [0.1, 0.15) is 17.4 Å². The number of nitrogens with one attached hydrogen (secondary N) is 1. The third kappa shape index (κ3) is 5.76. The summed E-state index contributed by atoms with van der Waals surface area (Å²) < 4.78 is 6.43. The lowest BCUT2D eigenvalue weighted by Crippen LogP contribution is -2.49. The fourth-order valence-corrected chi connectivity index (χ4v) is 6.32. The first-order valence-electron chi connectivity index (χ1n) is 14.7. The number of carbonyl (C=O) groups is 2. The van der Waals surface area contributed by atoms with Gasteiger partial charge in [-0.15, -0.1) is 0 Å². The second kappa shape index (κ2) is 11.5. The molecule has 41 heavy (non-hydrogen) atoms. The Morgan fingerprint density at radius 2 is 1.71 bits per heavy atom. The summed E-state index contributed by atoms with van der Waals surface area (Å²) in [6.45, 7) is 5.77. The van der Waals surface area contributed by atoms with Gasteiger partial charge in [0, 0.05) is 50.5 Å². The number of aryl methyl sites for hydroxylation is 1. The summed E-state index contributed by atoms with van der Waals surface area (Å²) in [6.07, 6.45) is 8.93. The Hall–Kier alpha value is -4.01. The van der Waals surface area contributed by atoms with Gasteiger partial charge in [0.05, 0.1) is 23.3 Å². The van der Waals surface area contributed by atoms with Crippen LogP contribution in [0.4, 0.5) is 5.82 Å². The van der Waals surface area contributed by atoms with Crippen LogP contribution in [0.2, 0.25) is 0 Å². The molecule has 2 amide bonds. The zero-order chi connectivity index (χ0) is 28.3. The first-order valence-corrected chi connectivity index (χ1v) is 14.7. The lowest BCUT2D eigenvalue weighted by molar-refractivity contribution is -0.137. The van der Waals surface area contributed by atoms with Crippen LogP contribution < -0.4 is 15.0 Å². The van der Waals surface area contributed by atoms with Gasteiger partial charge in [-0.3, -0.25) is 14.6 Å². The molecule has 1 saturated heterocycles. The van der Waals surface area contributed by atoms with Crippen molar-refractivity contribution < 1.29 is 14.3 Å². The molecule has 3 aromatic rings. The van der Waals surface area contributed by atoms with Crippen LogP contribution in [0.5, 0.6) is 5.75 Å². The van der Waals surface area contributed by atoms with E-state index in [2.05, 4.69) is 25.2 Å². The van der Waals surface area contributed by atoms with Crippen molar-refractivity contribution in [2.24, 2.45) is 5.41 Å². The number of carbonyl (C=O) groups excluding carboxylic acids is 2. The number of fused-ring (bicyclic) bond motifs is 1. The summed E-state index contributed by atoms with van der Waals surface area (Å²) in [5.41, 5.74) is 0.898. The maximum atomic E-state index is 13.7. The number of pyridine rings is 1. The first kappa shape index (κ1) is 27.2. The lowest BCUT2D eigenvalue weighted by Gasteiger charge is -2.43. The number of anilines is 1. The Bertz CT molecular complexity index is 1380. The molecule has 0 bridgehead atoms. The highest BCUT2D eigenvalue weighted by molar-refractivity contribution is 5.97. The summed E-state index contributed by atoms with van der Waals surface area (Å²) >= 11 is 0. The molecule has 0 unspecified atom stereocenters. The third-order valence-corrected chi connectivity index (χ3v) is 8.98. The summed E-state index contributed by atoms with van der Waals surface area (Å²) in [5.74, 6) is 2.28. The topological polar surface area (TPSA) is 101 Å². The van der Waals surface area contributed by atoms with Gasteiger partial charge in [-0.25, -0.2) is 9.97 Å².